The maximum Gasteiger partial charge on any atom is 0.256 e. The Bertz CT molecular complexity index is 843. The Morgan fingerprint density at radius 3 is 2.84 bits per heavy atom. The van der Waals surface area contributed by atoms with E-state index in [4.69, 9.17) is 0 Å². The summed E-state index contributed by atoms with van der Waals surface area (Å²) in [5.41, 5.74) is 1.44. The Balaban J connectivity index is 1.87. The summed E-state index contributed by atoms with van der Waals surface area (Å²) in [5, 5.41) is 3.46. The van der Waals surface area contributed by atoms with Crippen molar-refractivity contribution in [2.24, 2.45) is 0 Å². The minimum absolute atomic E-state index is 0.195. The zero-order valence-electron chi connectivity index (χ0n) is 15.2. The maximum atomic E-state index is 12.7. The Labute approximate surface area is 147 Å². The quantitative estimate of drug-likeness (QED) is 0.902. The molecular weight excluding hydrogens is 316 g/mol. The first kappa shape index (κ1) is 17.6. The summed E-state index contributed by atoms with van der Waals surface area (Å²) >= 11 is 0. The number of nitrogens with one attached hydrogen (secondary N) is 1. The van der Waals surface area contributed by atoms with Crippen molar-refractivity contribution in [2.45, 2.75) is 46.2 Å². The van der Waals surface area contributed by atoms with Crippen LogP contribution < -0.4 is 10.7 Å². The molecule has 3 rings (SSSR count). The van der Waals surface area contributed by atoms with E-state index in [0.717, 1.165) is 31.6 Å². The highest BCUT2D eigenvalue weighted by molar-refractivity contribution is 5.96. The number of hydrogen-bond acceptors (Lipinski definition) is 4. The summed E-state index contributed by atoms with van der Waals surface area (Å²) < 4.78 is 1.87. The molecule has 0 spiro atoms. The molecule has 2 aromatic rings. The fraction of sp³-hybridized carbons (Fsp3) is 0.526. The van der Waals surface area contributed by atoms with Gasteiger partial charge in [-0.25, -0.2) is 4.98 Å². The summed E-state index contributed by atoms with van der Waals surface area (Å²) in [6.45, 7) is 9.32. The van der Waals surface area contributed by atoms with E-state index in [0.29, 0.717) is 30.2 Å². The third kappa shape index (κ3) is 3.44. The van der Waals surface area contributed by atoms with Gasteiger partial charge >= 0.3 is 0 Å². The number of nitrogens with zero attached hydrogens (tertiary/aromatic N) is 3. The molecule has 2 aromatic heterocycles. The van der Waals surface area contributed by atoms with Gasteiger partial charge in [0.1, 0.15) is 11.2 Å². The lowest BCUT2D eigenvalue weighted by atomic mass is 10.1. The number of carbonyl (C=O) groups is 1. The molecule has 3 heterocycles. The Hall–Kier alpha value is -2.21. The van der Waals surface area contributed by atoms with E-state index in [-0.39, 0.29) is 16.9 Å². The van der Waals surface area contributed by atoms with Crippen LogP contribution in [0.15, 0.2) is 23.1 Å². The molecular formula is C19H26N4O2. The first-order valence-corrected chi connectivity index (χ1v) is 9.08. The van der Waals surface area contributed by atoms with Gasteiger partial charge in [0.2, 0.25) is 5.43 Å². The molecule has 1 atom stereocenters. The Kier molecular flexibility index (Phi) is 5.18. The second-order valence-corrected chi connectivity index (χ2v) is 6.62. The minimum atomic E-state index is -0.294. The van der Waals surface area contributed by atoms with Gasteiger partial charge in [0.05, 0.1) is 5.39 Å². The standard InChI is InChI=1S/C19H26N4O2/c1-4-22-10-6-7-14(22)11-20-19(25)16-12-23(5-2)18-15(17(16)24)9-8-13(3)21-18/h8-9,12,14H,4-7,10-11H2,1-3H3,(H,20,25)/t14-/m0/s1. The first-order chi connectivity index (χ1) is 12.0. The van der Waals surface area contributed by atoms with E-state index in [1.807, 2.05) is 24.5 Å². The smallest absolute Gasteiger partial charge is 0.256 e. The van der Waals surface area contributed by atoms with Crippen LogP contribution in [0, 0.1) is 6.92 Å². The van der Waals surface area contributed by atoms with Crippen LogP contribution in [0.1, 0.15) is 42.7 Å². The first-order valence-electron chi connectivity index (χ1n) is 9.08. The number of hydrogen-bond donors (Lipinski definition) is 1. The topological polar surface area (TPSA) is 67.2 Å². The Morgan fingerprint density at radius 1 is 1.32 bits per heavy atom. The van der Waals surface area contributed by atoms with Gasteiger partial charge in [0.25, 0.3) is 5.91 Å². The fourth-order valence-electron chi connectivity index (χ4n) is 3.61. The van der Waals surface area contributed by atoms with Gasteiger partial charge in [0, 0.05) is 31.0 Å². The Morgan fingerprint density at radius 2 is 2.12 bits per heavy atom. The van der Waals surface area contributed by atoms with Crippen LogP contribution in [-0.4, -0.2) is 46.0 Å². The lowest BCUT2D eigenvalue weighted by Crippen LogP contribution is -2.41. The molecule has 6 nitrogen and oxygen atoms in total. The molecule has 25 heavy (non-hydrogen) atoms. The van der Waals surface area contributed by atoms with Crippen molar-refractivity contribution in [2.75, 3.05) is 19.6 Å². The van der Waals surface area contributed by atoms with Crippen LogP contribution in [0.3, 0.4) is 0 Å². The molecule has 1 amide bonds. The lowest BCUT2D eigenvalue weighted by Gasteiger charge is -2.22. The molecule has 0 aliphatic carbocycles. The van der Waals surface area contributed by atoms with Crippen LogP contribution >= 0.6 is 0 Å². The number of aryl methyl sites for hydroxylation is 2. The van der Waals surface area contributed by atoms with E-state index in [2.05, 4.69) is 22.1 Å². The molecule has 1 aliphatic rings. The predicted molar refractivity (Wildman–Crippen MR) is 99.0 cm³/mol. The molecule has 6 heteroatoms. The van der Waals surface area contributed by atoms with E-state index >= 15 is 0 Å². The van der Waals surface area contributed by atoms with Crippen molar-refractivity contribution in [3.63, 3.8) is 0 Å². The molecule has 1 fully saturated rings. The maximum absolute atomic E-state index is 12.7. The van der Waals surface area contributed by atoms with Gasteiger partial charge in [-0.2, -0.15) is 0 Å². The number of rotatable bonds is 5. The monoisotopic (exact) mass is 342 g/mol. The van der Waals surface area contributed by atoms with E-state index in [9.17, 15) is 9.59 Å². The lowest BCUT2D eigenvalue weighted by molar-refractivity contribution is 0.0939. The fourth-order valence-corrected chi connectivity index (χ4v) is 3.61. The molecule has 1 N–H and O–H groups in total. The van der Waals surface area contributed by atoms with Crippen LogP contribution in [0.4, 0.5) is 0 Å². The van der Waals surface area contributed by atoms with Crippen LogP contribution in [0.5, 0.6) is 0 Å². The summed E-state index contributed by atoms with van der Waals surface area (Å²) in [5.74, 6) is -0.294. The molecule has 1 aliphatic heterocycles. The van der Waals surface area contributed by atoms with Crippen molar-refractivity contribution in [1.82, 2.24) is 19.8 Å². The van der Waals surface area contributed by atoms with Crippen LogP contribution in [0.2, 0.25) is 0 Å². The highest BCUT2D eigenvalue weighted by Crippen LogP contribution is 2.16. The van der Waals surface area contributed by atoms with Crippen LogP contribution in [-0.2, 0) is 6.54 Å². The summed E-state index contributed by atoms with van der Waals surface area (Å²) in [7, 11) is 0. The van der Waals surface area contributed by atoms with Crippen LogP contribution in [0.25, 0.3) is 11.0 Å². The predicted octanol–water partition coefficient (Wildman–Crippen LogP) is 1.94. The summed E-state index contributed by atoms with van der Waals surface area (Å²) in [6, 6.07) is 3.94. The third-order valence-corrected chi connectivity index (χ3v) is 5.05. The van der Waals surface area contributed by atoms with Gasteiger partial charge in [-0.1, -0.05) is 6.92 Å². The van der Waals surface area contributed by atoms with E-state index in [1.54, 1.807) is 12.3 Å². The number of fused-ring (bicyclic) bond motifs is 1. The largest absolute Gasteiger partial charge is 0.350 e. The second-order valence-electron chi connectivity index (χ2n) is 6.62. The van der Waals surface area contributed by atoms with Gasteiger partial charge < -0.3 is 9.88 Å². The molecule has 134 valence electrons. The number of carbonyl (C=O) groups excluding carboxylic acids is 1. The number of amides is 1. The molecule has 0 saturated carbocycles. The van der Waals surface area contributed by atoms with Gasteiger partial charge in [-0.15, -0.1) is 0 Å². The molecule has 0 bridgehead atoms. The van der Waals surface area contributed by atoms with Gasteiger partial charge in [-0.05, 0) is 51.9 Å². The van der Waals surface area contributed by atoms with Crippen molar-refractivity contribution < 1.29 is 4.79 Å². The second kappa shape index (κ2) is 7.35. The van der Waals surface area contributed by atoms with Crippen molar-refractivity contribution in [3.05, 3.63) is 39.8 Å². The molecule has 0 unspecified atom stereocenters. The van der Waals surface area contributed by atoms with E-state index in [1.165, 1.54) is 0 Å². The molecule has 1 saturated heterocycles. The zero-order valence-corrected chi connectivity index (χ0v) is 15.2. The van der Waals surface area contributed by atoms with Crippen molar-refractivity contribution in [1.29, 1.82) is 0 Å². The normalized spacial score (nSPS) is 18.0. The summed E-state index contributed by atoms with van der Waals surface area (Å²) in [4.78, 5) is 32.2. The number of pyridine rings is 2. The third-order valence-electron chi connectivity index (χ3n) is 5.05. The number of likely N-dealkylation sites (tertiary alicyclic amines) is 1. The van der Waals surface area contributed by atoms with E-state index < -0.39 is 0 Å². The van der Waals surface area contributed by atoms with Crippen molar-refractivity contribution in [3.8, 4) is 0 Å². The van der Waals surface area contributed by atoms with Crippen molar-refractivity contribution >= 4 is 16.9 Å². The average molecular weight is 342 g/mol. The number of aromatic nitrogens is 2. The average Bonchev–Trinajstić information content (AvgIpc) is 3.07. The SMILES string of the molecule is CCN1CCC[C@H]1CNC(=O)c1cn(CC)c2nc(C)ccc2c1=O. The molecule has 0 radical (unpaired) electrons. The highest BCUT2D eigenvalue weighted by atomic mass is 16.2. The highest BCUT2D eigenvalue weighted by Gasteiger charge is 2.24. The number of likely N-dealkylation sites (N-methyl/N-ethyl adjacent to an activating group) is 1. The van der Waals surface area contributed by atoms with Gasteiger partial charge in [-0.3, -0.25) is 14.5 Å². The molecule has 0 aromatic carbocycles. The van der Waals surface area contributed by atoms with Gasteiger partial charge in [0.15, 0.2) is 0 Å². The summed E-state index contributed by atoms with van der Waals surface area (Å²) in [6.07, 6.45) is 3.89. The minimum Gasteiger partial charge on any atom is -0.350 e. The zero-order chi connectivity index (χ0) is 18.0.